The number of rotatable bonds is 6. The molecule has 2 aromatic carbocycles. The number of esters is 1. The third-order valence-corrected chi connectivity index (χ3v) is 8.08. The molecule has 6 nitrogen and oxygen atoms in total. The van der Waals surface area contributed by atoms with E-state index in [1.165, 1.54) is 13.2 Å². The zero-order valence-corrected chi connectivity index (χ0v) is 23.9. The topological polar surface area (TPSA) is 93.4 Å². The van der Waals surface area contributed by atoms with Gasteiger partial charge < -0.3 is 21.1 Å². The van der Waals surface area contributed by atoms with Crippen molar-refractivity contribution in [2.24, 2.45) is 23.0 Å². The summed E-state index contributed by atoms with van der Waals surface area (Å²) in [5.74, 6) is -2.31. The molecule has 9 heteroatoms. The van der Waals surface area contributed by atoms with Crippen LogP contribution in [0.4, 0.5) is 10.1 Å². The van der Waals surface area contributed by atoms with E-state index >= 15 is 4.39 Å². The van der Waals surface area contributed by atoms with Crippen LogP contribution in [0.1, 0.15) is 43.1 Å². The van der Waals surface area contributed by atoms with Crippen LogP contribution in [0.2, 0.25) is 5.02 Å². The Hall–Kier alpha value is -2.71. The van der Waals surface area contributed by atoms with Crippen LogP contribution < -0.4 is 16.4 Å². The standard InChI is InChI=1S/C30H34Cl2FN3O3/c1-29(2,3)16-23-30(34,18-10-12-19(31)13-11-18)24(21-6-5-7-22(32)25(21)33)26(36-23)27(37)35-20-14-8-17(9-15-20)28(38)39-4/h5-15,21,23-26,36H,16,34H2,1-4H3,(H,35,37)/t21?,23-,24-,25?,26+,30+/m0/s1. The van der Waals surface area contributed by atoms with Gasteiger partial charge in [0.15, 0.2) is 0 Å². The maximum atomic E-state index is 15.8. The molecule has 6 atom stereocenters. The summed E-state index contributed by atoms with van der Waals surface area (Å²) in [6.45, 7) is 6.29. The number of hydrogen-bond acceptors (Lipinski definition) is 5. The van der Waals surface area contributed by atoms with Crippen molar-refractivity contribution >= 4 is 40.8 Å². The molecule has 1 heterocycles. The van der Waals surface area contributed by atoms with Crippen LogP contribution in [0.15, 0.2) is 71.8 Å². The summed E-state index contributed by atoms with van der Waals surface area (Å²) < 4.78 is 20.5. The number of benzene rings is 2. The van der Waals surface area contributed by atoms with Gasteiger partial charge in [0, 0.05) is 28.6 Å². The van der Waals surface area contributed by atoms with E-state index in [-0.39, 0.29) is 22.4 Å². The SMILES string of the molecule is COC(=O)c1ccc(NC(=O)[C@@H]2N[C@@H](CC(C)(C)C)[C@](N)(c3ccc(Cl)cc3)[C@H]2C2C=CC=C(Cl)C2F)cc1. The fourth-order valence-corrected chi connectivity index (χ4v) is 6.04. The molecule has 1 saturated heterocycles. The molecule has 2 aromatic rings. The molecule has 4 rings (SSSR count). The molecule has 208 valence electrons. The highest BCUT2D eigenvalue weighted by atomic mass is 35.5. The summed E-state index contributed by atoms with van der Waals surface area (Å²) in [6.07, 6.45) is 4.07. The second-order valence-electron chi connectivity index (χ2n) is 11.4. The van der Waals surface area contributed by atoms with Gasteiger partial charge >= 0.3 is 5.97 Å². The van der Waals surface area contributed by atoms with Crippen LogP contribution in [0.25, 0.3) is 0 Å². The number of carbonyl (C=O) groups excluding carboxylic acids is 2. The van der Waals surface area contributed by atoms with Gasteiger partial charge in [0.1, 0.15) is 6.17 Å². The molecule has 0 aromatic heterocycles. The Morgan fingerprint density at radius 3 is 2.33 bits per heavy atom. The molecule has 1 fully saturated rings. The van der Waals surface area contributed by atoms with Crippen molar-refractivity contribution in [1.82, 2.24) is 5.32 Å². The van der Waals surface area contributed by atoms with Crippen LogP contribution in [-0.2, 0) is 15.1 Å². The summed E-state index contributed by atoms with van der Waals surface area (Å²) in [5, 5.41) is 7.02. The van der Waals surface area contributed by atoms with E-state index in [2.05, 4.69) is 31.4 Å². The predicted molar refractivity (Wildman–Crippen MR) is 153 cm³/mol. The molecule has 0 bridgehead atoms. The molecular formula is C30H34Cl2FN3O3. The van der Waals surface area contributed by atoms with Crippen LogP contribution >= 0.6 is 23.2 Å². The molecule has 1 aliphatic carbocycles. The lowest BCUT2D eigenvalue weighted by molar-refractivity contribution is -0.119. The maximum absolute atomic E-state index is 15.8. The van der Waals surface area contributed by atoms with Crippen molar-refractivity contribution < 1.29 is 18.7 Å². The number of ether oxygens (including phenoxy) is 1. The number of methoxy groups -OCH3 is 1. The minimum atomic E-state index is -1.53. The van der Waals surface area contributed by atoms with E-state index in [1.807, 2.05) is 12.1 Å². The van der Waals surface area contributed by atoms with E-state index in [4.69, 9.17) is 33.7 Å². The van der Waals surface area contributed by atoms with Crippen LogP contribution in [0, 0.1) is 17.3 Å². The minimum absolute atomic E-state index is 0.0674. The second kappa shape index (κ2) is 11.4. The third-order valence-electron chi connectivity index (χ3n) is 7.49. The second-order valence-corrected chi connectivity index (χ2v) is 12.3. The highest BCUT2D eigenvalue weighted by Crippen LogP contribution is 2.49. The van der Waals surface area contributed by atoms with E-state index < -0.39 is 35.6 Å². The highest BCUT2D eigenvalue weighted by Gasteiger charge is 2.59. The summed E-state index contributed by atoms with van der Waals surface area (Å²) in [7, 11) is 1.30. The Morgan fingerprint density at radius 1 is 1.10 bits per heavy atom. The molecule has 0 saturated carbocycles. The maximum Gasteiger partial charge on any atom is 0.337 e. The van der Waals surface area contributed by atoms with Gasteiger partial charge in [0.2, 0.25) is 5.91 Å². The summed E-state index contributed by atoms with van der Waals surface area (Å²) in [4.78, 5) is 25.7. The lowest BCUT2D eigenvalue weighted by Gasteiger charge is -2.43. The lowest BCUT2D eigenvalue weighted by Crippen LogP contribution is -2.55. The summed E-state index contributed by atoms with van der Waals surface area (Å²) in [6, 6.07) is 12.3. The Morgan fingerprint density at radius 2 is 1.74 bits per heavy atom. The zero-order chi connectivity index (χ0) is 28.5. The minimum Gasteiger partial charge on any atom is -0.465 e. The monoisotopic (exact) mass is 573 g/mol. The summed E-state index contributed by atoms with van der Waals surface area (Å²) in [5.41, 5.74) is 7.66. The fourth-order valence-electron chi connectivity index (χ4n) is 5.70. The van der Waals surface area contributed by atoms with Crippen molar-refractivity contribution in [2.45, 2.75) is 51.0 Å². The van der Waals surface area contributed by atoms with Gasteiger partial charge in [0.25, 0.3) is 0 Å². The molecule has 4 N–H and O–H groups in total. The van der Waals surface area contributed by atoms with Gasteiger partial charge in [-0.25, -0.2) is 9.18 Å². The van der Waals surface area contributed by atoms with Gasteiger partial charge in [-0.1, -0.05) is 68.3 Å². The van der Waals surface area contributed by atoms with Crippen molar-refractivity contribution in [3.8, 4) is 0 Å². The molecule has 1 amide bonds. The number of alkyl halides is 1. The van der Waals surface area contributed by atoms with Crippen LogP contribution in [-0.4, -0.2) is 37.2 Å². The Labute approximate surface area is 238 Å². The molecule has 0 radical (unpaired) electrons. The molecular weight excluding hydrogens is 540 g/mol. The number of nitrogens with two attached hydrogens (primary N) is 1. The van der Waals surface area contributed by atoms with E-state index in [0.717, 1.165) is 5.56 Å². The molecule has 2 aliphatic rings. The smallest absolute Gasteiger partial charge is 0.337 e. The quantitative estimate of drug-likeness (QED) is 0.371. The van der Waals surface area contributed by atoms with Crippen molar-refractivity contribution in [3.05, 3.63) is 87.9 Å². The van der Waals surface area contributed by atoms with Gasteiger partial charge in [0.05, 0.1) is 29.3 Å². The molecule has 39 heavy (non-hydrogen) atoms. The average Bonchev–Trinajstić information content (AvgIpc) is 3.17. The number of nitrogens with one attached hydrogen (secondary N) is 2. The molecule has 0 spiro atoms. The first-order valence-electron chi connectivity index (χ1n) is 12.8. The summed E-state index contributed by atoms with van der Waals surface area (Å²) >= 11 is 12.5. The van der Waals surface area contributed by atoms with Gasteiger partial charge in [-0.15, -0.1) is 0 Å². The van der Waals surface area contributed by atoms with E-state index in [9.17, 15) is 9.59 Å². The first kappa shape index (κ1) is 29.3. The number of hydrogen-bond donors (Lipinski definition) is 3. The average molecular weight is 575 g/mol. The Kier molecular flexibility index (Phi) is 8.57. The number of allylic oxidation sites excluding steroid dienone is 4. The van der Waals surface area contributed by atoms with E-state index in [1.54, 1.807) is 48.6 Å². The van der Waals surface area contributed by atoms with Gasteiger partial charge in [-0.3, -0.25) is 4.79 Å². The fraction of sp³-hybridized carbons (Fsp3) is 0.400. The highest BCUT2D eigenvalue weighted by molar-refractivity contribution is 6.30. The zero-order valence-electron chi connectivity index (χ0n) is 22.4. The third kappa shape index (κ3) is 6.07. The number of halogens is 3. The van der Waals surface area contributed by atoms with Gasteiger partial charge in [-0.2, -0.15) is 0 Å². The van der Waals surface area contributed by atoms with Gasteiger partial charge in [-0.05, 0) is 59.9 Å². The predicted octanol–water partition coefficient (Wildman–Crippen LogP) is 5.96. The Bertz CT molecular complexity index is 1270. The largest absolute Gasteiger partial charge is 0.465 e. The number of carbonyl (C=O) groups is 2. The molecule has 2 unspecified atom stereocenters. The van der Waals surface area contributed by atoms with Crippen molar-refractivity contribution in [2.75, 3.05) is 12.4 Å². The Balaban J connectivity index is 1.77. The van der Waals surface area contributed by atoms with Crippen molar-refractivity contribution in [3.63, 3.8) is 0 Å². The normalized spacial score (nSPS) is 28.6. The number of anilines is 1. The first-order valence-corrected chi connectivity index (χ1v) is 13.6. The lowest BCUT2D eigenvalue weighted by atomic mass is 9.65. The first-order chi connectivity index (χ1) is 18.3. The number of amides is 1. The van der Waals surface area contributed by atoms with E-state index in [0.29, 0.717) is 22.7 Å². The van der Waals surface area contributed by atoms with Crippen LogP contribution in [0.3, 0.4) is 0 Å². The van der Waals surface area contributed by atoms with Crippen LogP contribution in [0.5, 0.6) is 0 Å². The van der Waals surface area contributed by atoms with Crippen molar-refractivity contribution in [1.29, 1.82) is 0 Å². The molecule has 1 aliphatic heterocycles.